The van der Waals surface area contributed by atoms with Gasteiger partial charge in [-0.25, -0.2) is 14.5 Å². The molecule has 0 saturated carbocycles. The molecule has 0 aliphatic rings. The summed E-state index contributed by atoms with van der Waals surface area (Å²) in [6.07, 6.45) is 5.18. The van der Waals surface area contributed by atoms with Gasteiger partial charge in [0.1, 0.15) is 5.69 Å². The van der Waals surface area contributed by atoms with Crippen LogP contribution in [0.2, 0.25) is 0 Å². The number of nitrogens with two attached hydrogens (primary N) is 1. The first kappa shape index (κ1) is 16.6. The molecule has 0 saturated heterocycles. The Bertz CT molecular complexity index is 1140. The highest BCUT2D eigenvalue weighted by Gasteiger charge is 2.16. The maximum atomic E-state index is 12.2. The predicted molar refractivity (Wildman–Crippen MR) is 102 cm³/mol. The molecule has 4 heterocycles. The molecular formula is C19H17N7O. The molecule has 0 radical (unpaired) electrons. The lowest BCUT2D eigenvalue weighted by Gasteiger charge is -2.10. The number of pyridine rings is 2. The molecule has 0 bridgehead atoms. The van der Waals surface area contributed by atoms with Gasteiger partial charge in [-0.2, -0.15) is 0 Å². The number of anilines is 1. The number of rotatable bonds is 3. The molecule has 0 aliphatic heterocycles. The second-order valence-corrected chi connectivity index (χ2v) is 6.19. The lowest BCUT2D eigenvalue weighted by atomic mass is 10.2. The van der Waals surface area contributed by atoms with Crippen molar-refractivity contribution in [1.29, 1.82) is 0 Å². The molecule has 0 spiro atoms. The highest BCUT2D eigenvalue weighted by molar-refractivity contribution is 5.92. The Balaban J connectivity index is 1.80. The number of fused-ring (bicyclic) bond motifs is 1. The molecule has 0 unspecified atom stereocenters. The minimum atomic E-state index is -0.161. The van der Waals surface area contributed by atoms with E-state index in [1.807, 2.05) is 24.3 Å². The van der Waals surface area contributed by atoms with E-state index in [0.29, 0.717) is 34.1 Å². The van der Waals surface area contributed by atoms with Gasteiger partial charge in [0, 0.05) is 38.2 Å². The molecule has 0 aliphatic carbocycles. The number of amides is 1. The predicted octanol–water partition coefficient (Wildman–Crippen LogP) is 2.14. The van der Waals surface area contributed by atoms with E-state index in [-0.39, 0.29) is 5.91 Å². The zero-order chi connectivity index (χ0) is 19.0. The number of aromatic nitrogens is 5. The number of carbonyl (C=O) groups is 1. The summed E-state index contributed by atoms with van der Waals surface area (Å²) >= 11 is 0. The molecule has 27 heavy (non-hydrogen) atoms. The zero-order valence-corrected chi connectivity index (χ0v) is 14.9. The summed E-state index contributed by atoms with van der Waals surface area (Å²) in [6.45, 7) is 0. The normalized spacial score (nSPS) is 10.9. The minimum Gasteiger partial charge on any atom is -0.382 e. The van der Waals surface area contributed by atoms with Crippen molar-refractivity contribution in [3.63, 3.8) is 0 Å². The molecule has 4 aromatic rings. The third-order valence-electron chi connectivity index (χ3n) is 4.09. The van der Waals surface area contributed by atoms with E-state index in [9.17, 15) is 4.79 Å². The van der Waals surface area contributed by atoms with E-state index < -0.39 is 0 Å². The number of hydrogen-bond acceptors (Lipinski definition) is 6. The standard InChI is InChI=1S/C19H17N7O/c1-25(2)19(27)15-8-5-7-13(23-15)12-10-22-18-16(14-6-3-4-9-21-14)17(20)24-26(18)11-12/h3-11H,1-2H3,(H2,20,24). The van der Waals surface area contributed by atoms with Crippen molar-refractivity contribution in [1.82, 2.24) is 29.5 Å². The van der Waals surface area contributed by atoms with E-state index in [1.165, 1.54) is 4.90 Å². The smallest absolute Gasteiger partial charge is 0.271 e. The quantitative estimate of drug-likeness (QED) is 0.601. The molecule has 134 valence electrons. The van der Waals surface area contributed by atoms with Crippen LogP contribution in [-0.2, 0) is 0 Å². The number of nitrogen functional groups attached to an aromatic ring is 1. The second kappa shape index (κ2) is 6.49. The van der Waals surface area contributed by atoms with Crippen LogP contribution >= 0.6 is 0 Å². The van der Waals surface area contributed by atoms with Crippen LogP contribution in [0.1, 0.15) is 10.5 Å². The maximum absolute atomic E-state index is 12.2. The van der Waals surface area contributed by atoms with Gasteiger partial charge in [0.2, 0.25) is 0 Å². The van der Waals surface area contributed by atoms with Gasteiger partial charge in [0.05, 0.1) is 17.0 Å². The van der Waals surface area contributed by atoms with Crippen LogP contribution in [0.5, 0.6) is 0 Å². The Hall–Kier alpha value is -3.81. The highest BCUT2D eigenvalue weighted by Crippen LogP contribution is 2.28. The Morgan fingerprint density at radius 3 is 2.63 bits per heavy atom. The van der Waals surface area contributed by atoms with Crippen LogP contribution in [0.4, 0.5) is 5.82 Å². The first-order chi connectivity index (χ1) is 13.0. The topological polar surface area (TPSA) is 102 Å². The molecular weight excluding hydrogens is 342 g/mol. The van der Waals surface area contributed by atoms with Crippen LogP contribution in [0.15, 0.2) is 55.0 Å². The van der Waals surface area contributed by atoms with E-state index in [4.69, 9.17) is 5.73 Å². The lowest BCUT2D eigenvalue weighted by molar-refractivity contribution is 0.0822. The first-order valence-electron chi connectivity index (χ1n) is 8.29. The van der Waals surface area contributed by atoms with Crippen LogP contribution in [-0.4, -0.2) is 49.5 Å². The monoisotopic (exact) mass is 359 g/mol. The van der Waals surface area contributed by atoms with Gasteiger partial charge in [-0.15, -0.1) is 5.10 Å². The van der Waals surface area contributed by atoms with Crippen molar-refractivity contribution in [3.05, 3.63) is 60.7 Å². The van der Waals surface area contributed by atoms with Crippen LogP contribution in [0.3, 0.4) is 0 Å². The van der Waals surface area contributed by atoms with Gasteiger partial charge in [0.15, 0.2) is 11.5 Å². The Morgan fingerprint density at radius 2 is 1.89 bits per heavy atom. The SMILES string of the molecule is CN(C)C(=O)c1cccc(-c2cnc3c(-c4ccccn4)c(N)nn3c2)n1. The van der Waals surface area contributed by atoms with E-state index in [2.05, 4.69) is 20.1 Å². The van der Waals surface area contributed by atoms with Crippen molar-refractivity contribution in [2.45, 2.75) is 0 Å². The Kier molecular flexibility index (Phi) is 4.00. The lowest BCUT2D eigenvalue weighted by Crippen LogP contribution is -2.22. The third-order valence-corrected chi connectivity index (χ3v) is 4.09. The maximum Gasteiger partial charge on any atom is 0.271 e. The van der Waals surface area contributed by atoms with E-state index >= 15 is 0 Å². The van der Waals surface area contributed by atoms with Crippen molar-refractivity contribution in [3.8, 4) is 22.5 Å². The number of nitrogens with zero attached hydrogens (tertiary/aromatic N) is 6. The summed E-state index contributed by atoms with van der Waals surface area (Å²) in [4.78, 5) is 26.9. The largest absolute Gasteiger partial charge is 0.382 e. The molecule has 2 N–H and O–H groups in total. The van der Waals surface area contributed by atoms with Crippen LogP contribution in [0, 0.1) is 0 Å². The Morgan fingerprint density at radius 1 is 1.07 bits per heavy atom. The fourth-order valence-corrected chi connectivity index (χ4v) is 2.78. The molecule has 1 amide bonds. The summed E-state index contributed by atoms with van der Waals surface area (Å²) < 4.78 is 1.61. The summed E-state index contributed by atoms with van der Waals surface area (Å²) in [7, 11) is 3.38. The van der Waals surface area contributed by atoms with Gasteiger partial charge < -0.3 is 10.6 Å². The fraction of sp³-hybridized carbons (Fsp3) is 0.105. The Labute approximate surface area is 155 Å². The van der Waals surface area contributed by atoms with Gasteiger partial charge in [0.25, 0.3) is 5.91 Å². The molecule has 4 aromatic heterocycles. The molecule has 4 rings (SSSR count). The van der Waals surface area contributed by atoms with Gasteiger partial charge in [-0.3, -0.25) is 9.78 Å². The van der Waals surface area contributed by atoms with Gasteiger partial charge in [-0.1, -0.05) is 12.1 Å². The molecule has 0 atom stereocenters. The summed E-state index contributed by atoms with van der Waals surface area (Å²) in [6, 6.07) is 10.9. The first-order valence-corrected chi connectivity index (χ1v) is 8.29. The summed E-state index contributed by atoms with van der Waals surface area (Å²) in [5, 5.41) is 4.35. The highest BCUT2D eigenvalue weighted by atomic mass is 16.2. The summed E-state index contributed by atoms with van der Waals surface area (Å²) in [5.74, 6) is 0.189. The van der Waals surface area contributed by atoms with Crippen molar-refractivity contribution < 1.29 is 4.79 Å². The fourth-order valence-electron chi connectivity index (χ4n) is 2.78. The molecule has 0 aromatic carbocycles. The van der Waals surface area contributed by atoms with Crippen LogP contribution < -0.4 is 5.73 Å². The van der Waals surface area contributed by atoms with Crippen molar-refractivity contribution >= 4 is 17.4 Å². The van der Waals surface area contributed by atoms with E-state index in [1.54, 1.807) is 49.3 Å². The average molecular weight is 359 g/mol. The van der Waals surface area contributed by atoms with E-state index in [0.717, 1.165) is 5.56 Å². The van der Waals surface area contributed by atoms with Gasteiger partial charge >= 0.3 is 0 Å². The van der Waals surface area contributed by atoms with Crippen molar-refractivity contribution in [2.75, 3.05) is 19.8 Å². The second-order valence-electron chi connectivity index (χ2n) is 6.19. The third kappa shape index (κ3) is 2.97. The molecule has 0 fully saturated rings. The summed E-state index contributed by atoms with van der Waals surface area (Å²) in [5.41, 5.74) is 9.82. The average Bonchev–Trinajstić information content (AvgIpc) is 3.02. The minimum absolute atomic E-state index is 0.161. The molecule has 8 nitrogen and oxygen atoms in total. The number of carbonyl (C=O) groups excluding carboxylic acids is 1. The van der Waals surface area contributed by atoms with Crippen molar-refractivity contribution in [2.24, 2.45) is 0 Å². The zero-order valence-electron chi connectivity index (χ0n) is 14.9. The number of hydrogen-bond donors (Lipinski definition) is 1. The van der Waals surface area contributed by atoms with Gasteiger partial charge in [-0.05, 0) is 24.3 Å². The molecule has 8 heteroatoms. The van der Waals surface area contributed by atoms with Crippen LogP contribution in [0.25, 0.3) is 28.2 Å².